The first-order chi connectivity index (χ1) is 13.0. The molecule has 3 aromatic rings. The van der Waals surface area contributed by atoms with E-state index in [9.17, 15) is 13.6 Å². The van der Waals surface area contributed by atoms with Crippen LogP contribution in [0.2, 0.25) is 5.02 Å². The number of oxazole rings is 1. The van der Waals surface area contributed by atoms with E-state index in [4.69, 9.17) is 20.8 Å². The third-order valence-corrected chi connectivity index (χ3v) is 4.05. The van der Waals surface area contributed by atoms with Gasteiger partial charge < -0.3 is 14.5 Å². The van der Waals surface area contributed by atoms with Gasteiger partial charge in [0.15, 0.2) is 11.7 Å². The van der Waals surface area contributed by atoms with Gasteiger partial charge in [0.2, 0.25) is 5.91 Å². The Labute approximate surface area is 158 Å². The first-order valence-corrected chi connectivity index (χ1v) is 8.37. The number of benzene rings is 2. The Bertz CT molecular complexity index is 975. The Morgan fingerprint density at radius 3 is 2.78 bits per heavy atom. The van der Waals surface area contributed by atoms with Crippen LogP contribution in [-0.4, -0.2) is 18.0 Å². The van der Waals surface area contributed by atoms with E-state index in [1.807, 2.05) is 0 Å². The number of carbonyl (C=O) groups excluding carboxylic acids is 1. The molecular weight excluding hydrogens is 378 g/mol. The number of nitrogens with one attached hydrogen (secondary N) is 1. The molecule has 0 aliphatic carbocycles. The van der Waals surface area contributed by atoms with Crippen LogP contribution in [0.1, 0.15) is 12.3 Å². The number of methoxy groups -OCH3 is 1. The van der Waals surface area contributed by atoms with Crippen LogP contribution in [0, 0.1) is 11.6 Å². The molecule has 1 amide bonds. The van der Waals surface area contributed by atoms with Crippen molar-refractivity contribution in [3.8, 4) is 17.1 Å². The summed E-state index contributed by atoms with van der Waals surface area (Å²) in [5, 5.41) is 3.09. The first kappa shape index (κ1) is 18.8. The molecule has 1 aromatic heterocycles. The molecule has 1 N–H and O–H groups in total. The maximum atomic E-state index is 13.8. The summed E-state index contributed by atoms with van der Waals surface area (Å²) in [4.78, 5) is 16.1. The fraction of sp³-hybridized carbons (Fsp3) is 0.158. The van der Waals surface area contributed by atoms with Crippen LogP contribution in [0.4, 0.5) is 14.5 Å². The molecular formula is C19H15ClF2N2O3. The number of hydrogen-bond donors (Lipinski definition) is 1. The molecule has 0 radical (unpaired) electrons. The van der Waals surface area contributed by atoms with Crippen molar-refractivity contribution in [2.75, 3.05) is 12.4 Å². The smallest absolute Gasteiger partial charge is 0.224 e. The van der Waals surface area contributed by atoms with Crippen LogP contribution < -0.4 is 10.1 Å². The monoisotopic (exact) mass is 392 g/mol. The SMILES string of the molecule is COc1ccc(NC(=O)CCc2ncc(-c3ccc(F)cc3F)o2)cc1Cl. The zero-order valence-corrected chi connectivity index (χ0v) is 15.0. The van der Waals surface area contributed by atoms with Crippen molar-refractivity contribution in [1.29, 1.82) is 0 Å². The molecule has 2 aromatic carbocycles. The maximum Gasteiger partial charge on any atom is 0.224 e. The Kier molecular flexibility index (Phi) is 5.71. The Morgan fingerprint density at radius 2 is 2.07 bits per heavy atom. The van der Waals surface area contributed by atoms with Gasteiger partial charge in [0.25, 0.3) is 0 Å². The lowest BCUT2D eigenvalue weighted by molar-refractivity contribution is -0.116. The van der Waals surface area contributed by atoms with E-state index in [-0.39, 0.29) is 36.0 Å². The van der Waals surface area contributed by atoms with Crippen LogP contribution in [0.3, 0.4) is 0 Å². The summed E-state index contributed by atoms with van der Waals surface area (Å²) in [6.07, 6.45) is 1.67. The quantitative estimate of drug-likeness (QED) is 0.651. The second kappa shape index (κ2) is 8.18. The van der Waals surface area contributed by atoms with Crippen molar-refractivity contribution in [3.05, 3.63) is 65.1 Å². The van der Waals surface area contributed by atoms with Crippen LogP contribution in [0.15, 0.2) is 47.0 Å². The minimum absolute atomic E-state index is 0.104. The van der Waals surface area contributed by atoms with Crippen LogP contribution in [0.25, 0.3) is 11.3 Å². The number of anilines is 1. The molecule has 0 spiro atoms. The van der Waals surface area contributed by atoms with E-state index in [1.165, 1.54) is 19.4 Å². The van der Waals surface area contributed by atoms with Crippen LogP contribution in [-0.2, 0) is 11.2 Å². The molecule has 0 aliphatic rings. The molecule has 5 nitrogen and oxygen atoms in total. The van der Waals surface area contributed by atoms with Gasteiger partial charge in [0.05, 0.1) is 23.9 Å². The minimum atomic E-state index is -0.744. The largest absolute Gasteiger partial charge is 0.495 e. The first-order valence-electron chi connectivity index (χ1n) is 8.00. The summed E-state index contributed by atoms with van der Waals surface area (Å²) in [6, 6.07) is 8.08. The summed E-state index contributed by atoms with van der Waals surface area (Å²) < 4.78 is 37.3. The van der Waals surface area contributed by atoms with Gasteiger partial charge in [-0.3, -0.25) is 4.79 Å². The maximum absolute atomic E-state index is 13.8. The number of halogens is 3. The Hall–Kier alpha value is -2.93. The highest BCUT2D eigenvalue weighted by Crippen LogP contribution is 2.27. The number of ether oxygens (including phenoxy) is 1. The number of aryl methyl sites for hydroxylation is 1. The molecule has 0 saturated carbocycles. The summed E-state index contributed by atoms with van der Waals surface area (Å²) in [5.74, 6) is -0.724. The number of nitrogens with zero attached hydrogens (tertiary/aromatic N) is 1. The molecule has 0 atom stereocenters. The topological polar surface area (TPSA) is 64.4 Å². The second-order valence-corrected chi connectivity index (χ2v) is 6.05. The van der Waals surface area contributed by atoms with Crippen molar-refractivity contribution in [2.24, 2.45) is 0 Å². The lowest BCUT2D eigenvalue weighted by Crippen LogP contribution is -2.12. The molecule has 3 rings (SSSR count). The van der Waals surface area contributed by atoms with E-state index >= 15 is 0 Å². The van der Waals surface area contributed by atoms with Crippen molar-refractivity contribution >= 4 is 23.2 Å². The van der Waals surface area contributed by atoms with Crippen molar-refractivity contribution < 1.29 is 22.7 Å². The lowest BCUT2D eigenvalue weighted by Gasteiger charge is -2.07. The zero-order chi connectivity index (χ0) is 19.4. The van der Waals surface area contributed by atoms with Gasteiger partial charge >= 0.3 is 0 Å². The van der Waals surface area contributed by atoms with Crippen molar-refractivity contribution in [1.82, 2.24) is 4.98 Å². The van der Waals surface area contributed by atoms with E-state index in [0.717, 1.165) is 12.1 Å². The Balaban J connectivity index is 1.59. The highest BCUT2D eigenvalue weighted by atomic mass is 35.5. The van der Waals surface area contributed by atoms with Gasteiger partial charge in [0, 0.05) is 24.6 Å². The summed E-state index contributed by atoms with van der Waals surface area (Å²) >= 11 is 6.01. The lowest BCUT2D eigenvalue weighted by atomic mass is 10.2. The highest BCUT2D eigenvalue weighted by molar-refractivity contribution is 6.32. The molecule has 0 unspecified atom stereocenters. The number of rotatable bonds is 6. The number of amides is 1. The number of carbonyl (C=O) groups is 1. The van der Waals surface area contributed by atoms with E-state index in [0.29, 0.717) is 16.5 Å². The number of aromatic nitrogens is 1. The summed E-state index contributed by atoms with van der Waals surface area (Å²) in [7, 11) is 1.50. The molecule has 27 heavy (non-hydrogen) atoms. The fourth-order valence-corrected chi connectivity index (χ4v) is 2.69. The van der Waals surface area contributed by atoms with E-state index in [1.54, 1.807) is 18.2 Å². The van der Waals surface area contributed by atoms with Gasteiger partial charge in [0.1, 0.15) is 17.4 Å². The van der Waals surface area contributed by atoms with Gasteiger partial charge in [-0.25, -0.2) is 13.8 Å². The van der Waals surface area contributed by atoms with Crippen molar-refractivity contribution in [2.45, 2.75) is 12.8 Å². The molecule has 8 heteroatoms. The molecule has 0 saturated heterocycles. The van der Waals surface area contributed by atoms with Crippen LogP contribution in [0.5, 0.6) is 5.75 Å². The van der Waals surface area contributed by atoms with Crippen molar-refractivity contribution in [3.63, 3.8) is 0 Å². The third-order valence-electron chi connectivity index (χ3n) is 3.75. The summed E-state index contributed by atoms with van der Waals surface area (Å²) in [5.41, 5.74) is 0.639. The van der Waals surface area contributed by atoms with Crippen LogP contribution >= 0.6 is 11.6 Å². The van der Waals surface area contributed by atoms with Gasteiger partial charge in [-0.2, -0.15) is 0 Å². The Morgan fingerprint density at radius 1 is 1.26 bits per heavy atom. The normalized spacial score (nSPS) is 10.7. The molecule has 1 heterocycles. The fourth-order valence-electron chi connectivity index (χ4n) is 2.43. The zero-order valence-electron chi connectivity index (χ0n) is 14.3. The third kappa shape index (κ3) is 4.62. The molecule has 140 valence electrons. The molecule has 0 fully saturated rings. The average Bonchev–Trinajstić information content (AvgIpc) is 3.09. The predicted molar refractivity (Wildman–Crippen MR) is 96.8 cm³/mol. The van der Waals surface area contributed by atoms with Gasteiger partial charge in [-0.15, -0.1) is 0 Å². The summed E-state index contributed by atoms with van der Waals surface area (Å²) in [6.45, 7) is 0. The number of hydrogen-bond acceptors (Lipinski definition) is 4. The van der Waals surface area contributed by atoms with Gasteiger partial charge in [-0.1, -0.05) is 11.6 Å². The van der Waals surface area contributed by atoms with E-state index < -0.39 is 11.6 Å². The minimum Gasteiger partial charge on any atom is -0.495 e. The van der Waals surface area contributed by atoms with E-state index in [2.05, 4.69) is 10.3 Å². The van der Waals surface area contributed by atoms with Gasteiger partial charge in [-0.05, 0) is 30.3 Å². The predicted octanol–water partition coefficient (Wildman–Crippen LogP) is 4.85. The molecule has 0 aliphatic heterocycles. The highest BCUT2D eigenvalue weighted by Gasteiger charge is 2.13. The average molecular weight is 393 g/mol. The second-order valence-electron chi connectivity index (χ2n) is 5.64. The standard InChI is InChI=1S/C19H15ClF2N2O3/c1-26-16-5-3-12(9-14(16)20)24-18(25)6-7-19-23-10-17(27-19)13-4-2-11(21)8-15(13)22/h2-5,8-10H,6-7H2,1H3,(H,24,25). The molecule has 0 bridgehead atoms.